The van der Waals surface area contributed by atoms with Crippen LogP contribution in [0.15, 0.2) is 121 Å². The number of nitrogens with one attached hydrogen (secondary N) is 3. The monoisotopic (exact) mass is 1250 g/mol. The summed E-state index contributed by atoms with van der Waals surface area (Å²) in [5, 5.41) is 96.8. The first-order valence-electron chi connectivity index (χ1n) is 34.6. The van der Waals surface area contributed by atoms with Gasteiger partial charge in [0.15, 0.2) is 5.43 Å². The minimum absolute atomic E-state index is 0.00966. The van der Waals surface area contributed by atoms with Crippen molar-refractivity contribution >= 4 is 16.9 Å². The van der Waals surface area contributed by atoms with Crippen LogP contribution in [0.4, 0.5) is 0 Å². The maximum atomic E-state index is 16.3. The van der Waals surface area contributed by atoms with Crippen molar-refractivity contribution in [2.24, 2.45) is 40.7 Å². The van der Waals surface area contributed by atoms with E-state index in [1.165, 1.54) is 17.2 Å². The molecule has 0 radical (unpaired) electrons. The van der Waals surface area contributed by atoms with Gasteiger partial charge in [0.25, 0.3) is 0 Å². The Morgan fingerprint density at radius 2 is 1.72 bits per heavy atom. The van der Waals surface area contributed by atoms with Crippen molar-refractivity contribution in [3.63, 3.8) is 0 Å². The molecule has 4 saturated carbocycles. The molecular formula is C76H90N4O12. The zero-order valence-corrected chi connectivity index (χ0v) is 53.2. The van der Waals surface area contributed by atoms with Crippen LogP contribution in [0, 0.1) is 35.0 Å². The summed E-state index contributed by atoms with van der Waals surface area (Å²) in [4.78, 5) is 31.2. The van der Waals surface area contributed by atoms with Crippen molar-refractivity contribution in [1.29, 1.82) is 0 Å². The molecule has 0 amide bonds. The molecule has 16 heteroatoms. The number of rotatable bonds is 7. The summed E-state index contributed by atoms with van der Waals surface area (Å²) in [7, 11) is 0. The van der Waals surface area contributed by atoms with Crippen molar-refractivity contribution in [3.05, 3.63) is 167 Å². The molecule has 1 unspecified atom stereocenters. The molecule has 4 fully saturated rings. The fourth-order valence-electron chi connectivity index (χ4n) is 21.6. The number of carbonyl (C=O) groups excluding carboxylic acids is 1. The number of phenolic OH excluding ortho intramolecular Hbond substituents is 2. The van der Waals surface area contributed by atoms with E-state index in [0.29, 0.717) is 69.3 Å². The number of aliphatic hydroxyl groups excluding tert-OH is 3. The van der Waals surface area contributed by atoms with Crippen LogP contribution in [0.3, 0.4) is 0 Å². The van der Waals surface area contributed by atoms with E-state index in [0.717, 1.165) is 102 Å². The maximum absolute atomic E-state index is 16.3. The number of hydrogen-bond acceptors (Lipinski definition) is 16. The first kappa shape index (κ1) is 60.3. The van der Waals surface area contributed by atoms with E-state index in [-0.39, 0.29) is 99.9 Å². The van der Waals surface area contributed by atoms with Gasteiger partial charge in [0.1, 0.15) is 64.3 Å². The number of benzene rings is 3. The molecule has 16 rings (SSSR count). The van der Waals surface area contributed by atoms with E-state index in [1.54, 1.807) is 25.1 Å². The number of hydrogen-bond donors (Lipinski definition) is 11. The number of esters is 1. The summed E-state index contributed by atoms with van der Waals surface area (Å²) in [6.45, 7) is 5.29. The molecule has 4 aromatic rings. The van der Waals surface area contributed by atoms with Gasteiger partial charge in [-0.05, 0) is 213 Å². The van der Waals surface area contributed by atoms with E-state index in [2.05, 4.69) is 60.3 Å². The second-order valence-corrected chi connectivity index (χ2v) is 30.3. The Kier molecular flexibility index (Phi) is 14.6. The number of carbonyl (C=O) groups is 1. The van der Waals surface area contributed by atoms with Gasteiger partial charge in [0.05, 0.1) is 29.5 Å². The molecule has 12 N–H and O–H groups in total. The van der Waals surface area contributed by atoms with Crippen LogP contribution in [0.2, 0.25) is 0 Å². The first-order valence-corrected chi connectivity index (χ1v) is 34.6. The van der Waals surface area contributed by atoms with Gasteiger partial charge in [-0.1, -0.05) is 80.7 Å². The van der Waals surface area contributed by atoms with Gasteiger partial charge in [-0.25, -0.2) is 4.79 Å². The van der Waals surface area contributed by atoms with Crippen molar-refractivity contribution in [2.45, 2.75) is 214 Å². The number of fused-ring (bicyclic) bond motifs is 14. The largest absolute Gasteiger partial charge is 0.508 e. The average molecular weight is 1250 g/mol. The molecule has 1 spiro atoms. The zero-order chi connectivity index (χ0) is 63.5. The normalized spacial score (nSPS) is 35.3. The van der Waals surface area contributed by atoms with Crippen molar-refractivity contribution < 1.29 is 54.4 Å². The number of allylic oxidation sites excluding steroid dienone is 5. The van der Waals surface area contributed by atoms with E-state index in [4.69, 9.17) is 19.6 Å². The third-order valence-electron chi connectivity index (χ3n) is 25.6. The summed E-state index contributed by atoms with van der Waals surface area (Å²) in [5.74, 6) is -3.74. The third-order valence-corrected chi connectivity index (χ3v) is 25.6. The second kappa shape index (κ2) is 22.2. The number of nitrogens with two attached hydrogens (primary N) is 1. The highest BCUT2D eigenvalue weighted by atomic mass is 16.6. The van der Waals surface area contributed by atoms with Crippen LogP contribution < -0.4 is 31.8 Å². The fraction of sp³-hybridized carbons (Fsp3) is 0.553. The Morgan fingerprint density at radius 3 is 2.50 bits per heavy atom. The van der Waals surface area contributed by atoms with Gasteiger partial charge in [0, 0.05) is 60.2 Å². The SMILES string of the molecule is C/C=C(\C(=O)O[C@@H]1Cc2c3c(c4oc(CO)cc(=O)c4c2O)[C@H]2C4=CCNC(N)=C4[C@@H]([C@@H]4CCC5=C6C=C[C@@H](C)NC6NC=C5C[C@H]4[C@]1(C)O3)C1(CCCC1)Cc1ccc(O)cc1[C@H]2CO)[C@]1(O)C[C@@H]2C[C@H]1C[C@H]1C[C@@H](CC3(O)CCCCC3)[C@H](O)c3cccc2c31. The number of dihydropyridines is 2. The van der Waals surface area contributed by atoms with E-state index in [9.17, 15) is 40.5 Å². The summed E-state index contributed by atoms with van der Waals surface area (Å²) in [6.07, 6.45) is 21.6. The standard InChI is InChI=1S/C76H90N4O12/c1-4-56(76(89)34-41-27-44(76)26-40-25-42(33-75(88)22-6-5-7-23-75)66(85)52-12-10-11-48(41)60(40)52)72(87)91-59-31-54-67(86)63-58(84)30-46(36-81)90-69(63)64-61-51-19-24-78-70(77)62(51)65(74(20-8-9-21-74)32-39-14-15-45(83)29-53(39)55(61)37-82)50-18-17-47-43(28-57(50)73(59,3)92-68(54)64)35-79-71-49(47)16-13-38(2)80-71/h4,10-16,19,29-30,35,38,40-42,44,50,55,57,59,61,65-66,71,78-83,85-86,88-89H,5-9,17-18,20-28,31-34,36-37,77H2,1-3H3/b56-4+/t38-,40-,41+,42+,44-,50-,55-,57-,59-,61+,65-,66+,71?,73+,76+/m1/s1. The van der Waals surface area contributed by atoms with Gasteiger partial charge in [-0.2, -0.15) is 0 Å². The molecule has 5 aliphatic heterocycles. The molecule has 0 saturated heterocycles. The molecule has 7 aliphatic carbocycles. The van der Waals surface area contributed by atoms with Gasteiger partial charge in [-0.3, -0.25) is 10.1 Å². The Bertz CT molecular complexity index is 3990. The molecule has 3 aromatic carbocycles. The molecule has 6 heterocycles. The van der Waals surface area contributed by atoms with Crippen LogP contribution >= 0.6 is 0 Å². The fourth-order valence-corrected chi connectivity index (χ4v) is 21.6. The lowest BCUT2D eigenvalue weighted by molar-refractivity contribution is -0.173. The summed E-state index contributed by atoms with van der Waals surface area (Å²) < 4.78 is 22.2. The lowest BCUT2D eigenvalue weighted by Crippen LogP contribution is -2.60. The van der Waals surface area contributed by atoms with Crippen molar-refractivity contribution in [3.8, 4) is 17.2 Å². The molecular weight excluding hydrogens is 1160 g/mol. The predicted octanol–water partition coefficient (Wildman–Crippen LogP) is 10.2. The van der Waals surface area contributed by atoms with Gasteiger partial charge in [-0.15, -0.1) is 0 Å². The summed E-state index contributed by atoms with van der Waals surface area (Å²) >= 11 is 0. The van der Waals surface area contributed by atoms with Crippen LogP contribution in [-0.4, -0.2) is 90.0 Å². The molecule has 12 aliphatic rings. The average Bonchev–Trinajstić information content (AvgIpc) is 1.02. The predicted molar refractivity (Wildman–Crippen MR) is 347 cm³/mol. The highest BCUT2D eigenvalue weighted by molar-refractivity contribution is 5.93. The molecule has 6 bridgehead atoms. The van der Waals surface area contributed by atoms with E-state index >= 15 is 4.79 Å². The lowest BCUT2D eigenvalue weighted by Gasteiger charge is -2.55. The maximum Gasteiger partial charge on any atom is 0.337 e. The van der Waals surface area contributed by atoms with Crippen molar-refractivity contribution in [1.82, 2.24) is 16.0 Å². The number of aliphatic hydroxyl groups is 5. The Labute approximate surface area is 537 Å². The first-order chi connectivity index (χ1) is 44.4. The summed E-state index contributed by atoms with van der Waals surface area (Å²) in [6, 6.07) is 13.0. The Hall–Kier alpha value is -6.66. The third kappa shape index (κ3) is 9.16. The van der Waals surface area contributed by atoms with Crippen LogP contribution in [0.25, 0.3) is 11.0 Å². The van der Waals surface area contributed by atoms with Gasteiger partial charge < -0.3 is 66.0 Å². The minimum atomic E-state index is -1.62. The van der Waals surface area contributed by atoms with Crippen LogP contribution in [-0.2, 0) is 29.0 Å². The van der Waals surface area contributed by atoms with Crippen molar-refractivity contribution in [2.75, 3.05) is 13.2 Å². The topological polar surface area (TPSA) is 269 Å². The Balaban J connectivity index is 0.891. The minimum Gasteiger partial charge on any atom is -0.508 e. The molecule has 92 heavy (non-hydrogen) atoms. The van der Waals surface area contributed by atoms with Gasteiger partial charge in [0.2, 0.25) is 0 Å². The van der Waals surface area contributed by atoms with E-state index in [1.807, 2.05) is 18.2 Å². The van der Waals surface area contributed by atoms with Gasteiger partial charge >= 0.3 is 5.97 Å². The molecule has 16 nitrogen and oxygen atoms in total. The smallest absolute Gasteiger partial charge is 0.337 e. The Morgan fingerprint density at radius 1 is 0.935 bits per heavy atom. The molecule has 1 aromatic heterocycles. The molecule has 486 valence electrons. The second-order valence-electron chi connectivity index (χ2n) is 30.3. The van der Waals surface area contributed by atoms with E-state index < -0.39 is 82.5 Å². The van der Waals surface area contributed by atoms with Crippen LogP contribution in [0.5, 0.6) is 17.2 Å². The number of aromatic hydroxyl groups is 2. The lowest BCUT2D eigenvalue weighted by atomic mass is 9.54. The number of ether oxygens (including phenoxy) is 2. The highest BCUT2D eigenvalue weighted by Gasteiger charge is 2.63. The van der Waals surface area contributed by atoms with Crippen LogP contribution in [0.1, 0.15) is 204 Å². The number of phenols is 2. The summed E-state index contributed by atoms with van der Waals surface area (Å²) in [5.41, 5.74) is 13.6. The highest BCUT2D eigenvalue weighted by Crippen LogP contribution is 2.67. The quantitative estimate of drug-likeness (QED) is 0.0607. The molecule has 15 atom stereocenters. The zero-order valence-electron chi connectivity index (χ0n) is 53.2.